The van der Waals surface area contributed by atoms with E-state index >= 15 is 0 Å². The minimum atomic E-state index is 0.370. The van der Waals surface area contributed by atoms with Gasteiger partial charge in [0.05, 0.1) is 10.0 Å². The van der Waals surface area contributed by atoms with Crippen LogP contribution in [-0.4, -0.2) is 24.5 Å². The number of rotatable bonds is 3. The van der Waals surface area contributed by atoms with Crippen LogP contribution in [0.25, 0.3) is 0 Å². The van der Waals surface area contributed by atoms with Gasteiger partial charge in [0.15, 0.2) is 0 Å². The SMILES string of the molecule is Clc1cccc(CN2CCNCC2c2ccccc2)c1Cl. The minimum absolute atomic E-state index is 0.370. The molecule has 0 amide bonds. The van der Waals surface area contributed by atoms with Gasteiger partial charge < -0.3 is 5.32 Å². The Labute approximate surface area is 135 Å². The van der Waals surface area contributed by atoms with E-state index in [4.69, 9.17) is 23.2 Å². The zero-order valence-electron chi connectivity index (χ0n) is 11.7. The summed E-state index contributed by atoms with van der Waals surface area (Å²) in [6.45, 7) is 3.78. The number of halogens is 2. The molecule has 2 nitrogen and oxygen atoms in total. The van der Waals surface area contributed by atoms with Crippen LogP contribution in [0, 0.1) is 0 Å². The van der Waals surface area contributed by atoms with Crippen LogP contribution in [0.3, 0.4) is 0 Å². The first-order valence-corrected chi connectivity index (χ1v) is 7.94. The Hall–Kier alpha value is -1.06. The Kier molecular flexibility index (Phi) is 4.81. The Morgan fingerprint density at radius 1 is 1.05 bits per heavy atom. The molecule has 2 aromatic rings. The van der Waals surface area contributed by atoms with Gasteiger partial charge in [-0.3, -0.25) is 4.90 Å². The van der Waals surface area contributed by atoms with E-state index in [-0.39, 0.29) is 0 Å². The van der Waals surface area contributed by atoms with Gasteiger partial charge in [-0.15, -0.1) is 0 Å². The summed E-state index contributed by atoms with van der Waals surface area (Å²) < 4.78 is 0. The fourth-order valence-corrected chi connectivity index (χ4v) is 3.21. The average molecular weight is 321 g/mol. The molecule has 1 heterocycles. The zero-order chi connectivity index (χ0) is 14.7. The molecule has 1 saturated heterocycles. The van der Waals surface area contributed by atoms with Gasteiger partial charge in [-0.2, -0.15) is 0 Å². The molecule has 1 N–H and O–H groups in total. The van der Waals surface area contributed by atoms with E-state index in [9.17, 15) is 0 Å². The maximum Gasteiger partial charge on any atom is 0.0637 e. The van der Waals surface area contributed by atoms with Crippen molar-refractivity contribution >= 4 is 23.2 Å². The van der Waals surface area contributed by atoms with Crippen LogP contribution in [0.5, 0.6) is 0 Å². The molecule has 0 aromatic heterocycles. The first-order valence-electron chi connectivity index (χ1n) is 7.18. The number of hydrogen-bond donors (Lipinski definition) is 1. The summed E-state index contributed by atoms with van der Waals surface area (Å²) in [4.78, 5) is 2.46. The molecular weight excluding hydrogens is 303 g/mol. The van der Waals surface area contributed by atoms with Crippen LogP contribution in [0.4, 0.5) is 0 Å². The van der Waals surface area contributed by atoms with Crippen molar-refractivity contribution in [3.05, 3.63) is 69.7 Å². The van der Waals surface area contributed by atoms with Crippen molar-refractivity contribution in [3.8, 4) is 0 Å². The van der Waals surface area contributed by atoms with Crippen molar-refractivity contribution in [3.63, 3.8) is 0 Å². The summed E-state index contributed by atoms with van der Waals surface area (Å²) >= 11 is 12.5. The fraction of sp³-hybridized carbons (Fsp3) is 0.294. The molecule has 3 rings (SSSR count). The van der Waals surface area contributed by atoms with Crippen LogP contribution in [0.2, 0.25) is 10.0 Å². The maximum atomic E-state index is 6.33. The van der Waals surface area contributed by atoms with Crippen molar-refractivity contribution in [2.24, 2.45) is 0 Å². The van der Waals surface area contributed by atoms with E-state index in [1.54, 1.807) is 0 Å². The first kappa shape index (κ1) is 14.9. The minimum Gasteiger partial charge on any atom is -0.314 e. The molecule has 0 radical (unpaired) electrons. The largest absolute Gasteiger partial charge is 0.314 e. The van der Waals surface area contributed by atoms with Gasteiger partial charge in [0, 0.05) is 32.2 Å². The van der Waals surface area contributed by atoms with E-state index < -0.39 is 0 Å². The first-order chi connectivity index (χ1) is 10.3. The molecule has 0 saturated carbocycles. The van der Waals surface area contributed by atoms with E-state index in [0.717, 1.165) is 31.7 Å². The smallest absolute Gasteiger partial charge is 0.0637 e. The highest BCUT2D eigenvalue weighted by atomic mass is 35.5. The van der Waals surface area contributed by atoms with Crippen LogP contribution in [-0.2, 0) is 6.54 Å². The van der Waals surface area contributed by atoms with E-state index in [2.05, 4.69) is 46.6 Å². The number of nitrogens with one attached hydrogen (secondary N) is 1. The summed E-state index contributed by atoms with van der Waals surface area (Å²) in [5.74, 6) is 0. The molecular formula is C17H18Cl2N2. The van der Waals surface area contributed by atoms with E-state index in [1.165, 1.54) is 5.56 Å². The molecule has 1 aliphatic heterocycles. The second-order valence-corrected chi connectivity index (χ2v) is 6.10. The quantitative estimate of drug-likeness (QED) is 0.914. The summed E-state index contributed by atoms with van der Waals surface area (Å²) in [6, 6.07) is 16.8. The summed E-state index contributed by atoms with van der Waals surface area (Å²) in [5, 5.41) is 4.77. The molecule has 2 aromatic carbocycles. The second-order valence-electron chi connectivity index (χ2n) is 5.31. The lowest BCUT2D eigenvalue weighted by atomic mass is 10.0. The average Bonchev–Trinajstić information content (AvgIpc) is 2.53. The zero-order valence-corrected chi connectivity index (χ0v) is 13.2. The van der Waals surface area contributed by atoms with Crippen molar-refractivity contribution < 1.29 is 0 Å². The Balaban J connectivity index is 1.83. The Bertz CT molecular complexity index is 601. The predicted molar refractivity (Wildman–Crippen MR) is 88.9 cm³/mol. The summed E-state index contributed by atoms with van der Waals surface area (Å²) in [6.07, 6.45) is 0. The lowest BCUT2D eigenvalue weighted by molar-refractivity contribution is 0.154. The molecule has 1 fully saturated rings. The van der Waals surface area contributed by atoms with Gasteiger partial charge in [-0.25, -0.2) is 0 Å². The van der Waals surface area contributed by atoms with Gasteiger partial charge in [0.2, 0.25) is 0 Å². The topological polar surface area (TPSA) is 15.3 Å². The third kappa shape index (κ3) is 3.41. The molecule has 110 valence electrons. The molecule has 21 heavy (non-hydrogen) atoms. The Morgan fingerprint density at radius 3 is 2.67 bits per heavy atom. The molecule has 1 aliphatic rings. The van der Waals surface area contributed by atoms with Gasteiger partial charge in [-0.1, -0.05) is 65.7 Å². The van der Waals surface area contributed by atoms with Crippen LogP contribution >= 0.6 is 23.2 Å². The fourth-order valence-electron chi connectivity index (χ4n) is 2.83. The van der Waals surface area contributed by atoms with E-state index in [0.29, 0.717) is 16.1 Å². The van der Waals surface area contributed by atoms with Gasteiger partial charge in [0.25, 0.3) is 0 Å². The highest BCUT2D eigenvalue weighted by Crippen LogP contribution is 2.30. The van der Waals surface area contributed by atoms with Gasteiger partial charge >= 0.3 is 0 Å². The van der Waals surface area contributed by atoms with E-state index in [1.807, 2.05) is 12.1 Å². The molecule has 4 heteroatoms. The lowest BCUT2D eigenvalue weighted by Crippen LogP contribution is -2.45. The van der Waals surface area contributed by atoms with Gasteiger partial charge in [-0.05, 0) is 17.2 Å². The van der Waals surface area contributed by atoms with Crippen LogP contribution < -0.4 is 5.32 Å². The molecule has 0 spiro atoms. The van der Waals surface area contributed by atoms with Crippen LogP contribution in [0.15, 0.2) is 48.5 Å². The van der Waals surface area contributed by atoms with Crippen molar-refractivity contribution in [1.29, 1.82) is 0 Å². The number of hydrogen-bond acceptors (Lipinski definition) is 2. The normalized spacial score (nSPS) is 19.6. The van der Waals surface area contributed by atoms with Crippen molar-refractivity contribution in [2.75, 3.05) is 19.6 Å². The lowest BCUT2D eigenvalue weighted by Gasteiger charge is -2.36. The highest BCUT2D eigenvalue weighted by Gasteiger charge is 2.24. The molecule has 1 unspecified atom stereocenters. The standard InChI is InChI=1S/C17H18Cl2N2/c18-15-8-4-7-14(17(15)19)12-21-10-9-20-11-16(21)13-5-2-1-3-6-13/h1-8,16,20H,9-12H2. The number of nitrogens with zero attached hydrogens (tertiary/aromatic N) is 1. The van der Waals surface area contributed by atoms with Gasteiger partial charge in [0.1, 0.15) is 0 Å². The Morgan fingerprint density at radius 2 is 1.86 bits per heavy atom. The third-order valence-electron chi connectivity index (χ3n) is 3.94. The number of piperazine rings is 1. The van der Waals surface area contributed by atoms with Crippen molar-refractivity contribution in [2.45, 2.75) is 12.6 Å². The van der Waals surface area contributed by atoms with Crippen molar-refractivity contribution in [1.82, 2.24) is 10.2 Å². The summed E-state index contributed by atoms with van der Waals surface area (Å²) in [7, 11) is 0. The molecule has 0 aliphatic carbocycles. The summed E-state index contributed by atoms with van der Waals surface area (Å²) in [5.41, 5.74) is 2.43. The number of benzene rings is 2. The maximum absolute atomic E-state index is 6.33. The predicted octanol–water partition coefficient (Wildman–Crippen LogP) is 4.14. The molecule has 1 atom stereocenters. The monoisotopic (exact) mass is 320 g/mol. The second kappa shape index (κ2) is 6.80. The van der Waals surface area contributed by atoms with Crippen LogP contribution in [0.1, 0.15) is 17.2 Å². The highest BCUT2D eigenvalue weighted by molar-refractivity contribution is 6.42. The third-order valence-corrected chi connectivity index (χ3v) is 4.80. The molecule has 0 bridgehead atoms.